The van der Waals surface area contributed by atoms with Gasteiger partial charge in [0, 0.05) is 17.1 Å². The van der Waals surface area contributed by atoms with Gasteiger partial charge in [-0.25, -0.2) is 0 Å². The van der Waals surface area contributed by atoms with Crippen LogP contribution in [0.25, 0.3) is 0 Å². The monoisotopic (exact) mass is 387 g/mol. The Morgan fingerprint density at radius 2 is 1.81 bits per heavy atom. The van der Waals surface area contributed by atoms with Crippen molar-refractivity contribution in [2.75, 3.05) is 6.54 Å². The van der Waals surface area contributed by atoms with Crippen molar-refractivity contribution in [3.05, 3.63) is 56.5 Å². The van der Waals surface area contributed by atoms with Gasteiger partial charge in [0.1, 0.15) is 11.5 Å². The third-order valence-corrected chi connectivity index (χ3v) is 4.37. The maximum absolute atomic E-state index is 6.14. The quantitative estimate of drug-likeness (QED) is 0.480. The van der Waals surface area contributed by atoms with Crippen LogP contribution >= 0.6 is 39.1 Å². The summed E-state index contributed by atoms with van der Waals surface area (Å²) in [5.74, 6) is 1.27. The number of nitrogens with one attached hydrogen (secondary N) is 1. The van der Waals surface area contributed by atoms with Gasteiger partial charge in [-0.3, -0.25) is 0 Å². The summed E-state index contributed by atoms with van der Waals surface area (Å²) in [5.41, 5.74) is 1.22. The van der Waals surface area contributed by atoms with Crippen LogP contribution in [-0.2, 0) is 6.54 Å². The van der Waals surface area contributed by atoms with Crippen LogP contribution < -0.4 is 10.1 Å². The average Bonchev–Trinajstić information content (AvgIpc) is 2.47. The van der Waals surface area contributed by atoms with E-state index in [-0.39, 0.29) is 0 Å². The van der Waals surface area contributed by atoms with Gasteiger partial charge in [0.2, 0.25) is 0 Å². The van der Waals surface area contributed by atoms with Crippen molar-refractivity contribution in [3.63, 3.8) is 0 Å². The Hall–Kier alpha value is -0.740. The minimum atomic E-state index is 0.514. The summed E-state index contributed by atoms with van der Waals surface area (Å²) >= 11 is 15.5. The predicted octanol–water partition coefficient (Wildman–Crippen LogP) is 6.05. The maximum Gasteiger partial charge on any atom is 0.147 e. The fourth-order valence-corrected chi connectivity index (χ4v) is 2.63. The second-order valence-electron chi connectivity index (χ2n) is 4.62. The number of rotatable bonds is 6. The molecule has 0 amide bonds. The average molecular weight is 389 g/mol. The van der Waals surface area contributed by atoms with Gasteiger partial charge in [-0.2, -0.15) is 0 Å². The normalized spacial score (nSPS) is 10.7. The molecule has 0 radical (unpaired) electrons. The highest BCUT2D eigenvalue weighted by molar-refractivity contribution is 9.10. The standard InChI is InChI=1S/C16H16BrCl2NO/c1-2-7-20-10-11-3-5-12(6-4-11)21-16-9-14(18)13(17)8-15(16)19/h3-6,8-9,20H,2,7,10H2,1H3. The Kier molecular flexibility index (Phi) is 6.37. The molecule has 0 spiro atoms. The van der Waals surface area contributed by atoms with Crippen molar-refractivity contribution in [3.8, 4) is 11.5 Å². The van der Waals surface area contributed by atoms with Gasteiger partial charge in [0.25, 0.3) is 0 Å². The van der Waals surface area contributed by atoms with Gasteiger partial charge in [-0.05, 0) is 52.7 Å². The second kappa shape index (κ2) is 8.04. The summed E-state index contributed by atoms with van der Waals surface area (Å²) in [6, 6.07) is 11.3. The Balaban J connectivity index is 2.05. The molecule has 0 unspecified atom stereocenters. The topological polar surface area (TPSA) is 21.3 Å². The smallest absolute Gasteiger partial charge is 0.147 e. The first-order chi connectivity index (χ1) is 10.1. The molecule has 0 aromatic heterocycles. The highest BCUT2D eigenvalue weighted by Crippen LogP contribution is 2.36. The van der Waals surface area contributed by atoms with Crippen molar-refractivity contribution >= 4 is 39.1 Å². The van der Waals surface area contributed by atoms with Crippen molar-refractivity contribution in [1.29, 1.82) is 0 Å². The minimum absolute atomic E-state index is 0.514. The largest absolute Gasteiger partial charge is 0.456 e. The fourth-order valence-electron chi connectivity index (χ4n) is 1.79. The zero-order chi connectivity index (χ0) is 15.2. The van der Waals surface area contributed by atoms with Gasteiger partial charge in [0.15, 0.2) is 0 Å². The van der Waals surface area contributed by atoms with E-state index >= 15 is 0 Å². The maximum atomic E-state index is 6.14. The van der Waals surface area contributed by atoms with E-state index in [9.17, 15) is 0 Å². The Bertz CT molecular complexity index is 602. The van der Waals surface area contributed by atoms with E-state index in [1.807, 2.05) is 24.3 Å². The summed E-state index contributed by atoms with van der Waals surface area (Å²) in [5, 5.41) is 4.44. The Morgan fingerprint density at radius 3 is 2.48 bits per heavy atom. The molecule has 0 aliphatic heterocycles. The van der Waals surface area contributed by atoms with E-state index < -0.39 is 0 Å². The molecule has 21 heavy (non-hydrogen) atoms. The van der Waals surface area contributed by atoms with Gasteiger partial charge in [0.05, 0.1) is 10.0 Å². The van der Waals surface area contributed by atoms with Gasteiger partial charge in [-0.15, -0.1) is 0 Å². The first-order valence-corrected chi connectivity index (χ1v) is 8.27. The first kappa shape index (κ1) is 16.6. The molecule has 2 rings (SSSR count). The zero-order valence-corrected chi connectivity index (χ0v) is 14.7. The zero-order valence-electron chi connectivity index (χ0n) is 11.6. The van der Waals surface area contributed by atoms with Crippen LogP contribution in [0.5, 0.6) is 11.5 Å². The highest BCUT2D eigenvalue weighted by Gasteiger charge is 2.08. The van der Waals surface area contributed by atoms with Crippen LogP contribution in [-0.4, -0.2) is 6.54 Å². The van der Waals surface area contributed by atoms with Gasteiger partial charge >= 0.3 is 0 Å². The van der Waals surface area contributed by atoms with E-state index in [4.69, 9.17) is 27.9 Å². The third kappa shape index (κ3) is 4.89. The van der Waals surface area contributed by atoms with Crippen LogP contribution in [0.1, 0.15) is 18.9 Å². The fraction of sp³-hybridized carbons (Fsp3) is 0.250. The molecule has 0 saturated heterocycles. The molecule has 2 aromatic rings. The molecule has 5 heteroatoms. The summed E-state index contributed by atoms with van der Waals surface area (Å²) in [6.45, 7) is 4.03. The molecule has 1 N–H and O–H groups in total. The van der Waals surface area contributed by atoms with E-state index in [0.717, 1.165) is 29.7 Å². The predicted molar refractivity (Wildman–Crippen MR) is 92.7 cm³/mol. The van der Waals surface area contributed by atoms with E-state index in [1.54, 1.807) is 12.1 Å². The number of ether oxygens (including phenoxy) is 1. The van der Waals surface area contributed by atoms with Gasteiger partial charge < -0.3 is 10.1 Å². The highest BCUT2D eigenvalue weighted by atomic mass is 79.9. The van der Waals surface area contributed by atoms with Crippen LogP contribution in [0.3, 0.4) is 0 Å². The van der Waals surface area contributed by atoms with E-state index in [0.29, 0.717) is 15.8 Å². The van der Waals surface area contributed by atoms with Crippen LogP contribution in [0, 0.1) is 0 Å². The molecule has 112 valence electrons. The summed E-state index contributed by atoms with van der Waals surface area (Å²) < 4.78 is 6.52. The minimum Gasteiger partial charge on any atom is -0.456 e. The van der Waals surface area contributed by atoms with Crippen molar-refractivity contribution in [2.45, 2.75) is 19.9 Å². The summed E-state index contributed by atoms with van der Waals surface area (Å²) in [6.07, 6.45) is 1.13. The molecular formula is C16H16BrCl2NO. The number of hydrogen-bond donors (Lipinski definition) is 1. The van der Waals surface area contributed by atoms with E-state index in [2.05, 4.69) is 28.2 Å². The van der Waals surface area contributed by atoms with Gasteiger partial charge in [-0.1, -0.05) is 42.3 Å². The number of hydrogen-bond acceptors (Lipinski definition) is 2. The molecule has 0 atom stereocenters. The SMILES string of the molecule is CCCNCc1ccc(Oc2cc(Cl)c(Br)cc2Cl)cc1. The number of benzene rings is 2. The lowest BCUT2D eigenvalue weighted by molar-refractivity contribution is 0.482. The van der Waals surface area contributed by atoms with E-state index in [1.165, 1.54) is 5.56 Å². The lowest BCUT2D eigenvalue weighted by Crippen LogP contribution is -2.13. The van der Waals surface area contributed by atoms with Crippen molar-refractivity contribution < 1.29 is 4.74 Å². The summed E-state index contributed by atoms with van der Waals surface area (Å²) in [4.78, 5) is 0. The molecule has 0 fully saturated rings. The van der Waals surface area contributed by atoms with Crippen molar-refractivity contribution in [2.24, 2.45) is 0 Å². The molecule has 0 heterocycles. The van der Waals surface area contributed by atoms with Crippen LogP contribution in [0.15, 0.2) is 40.9 Å². The molecule has 0 aliphatic carbocycles. The molecule has 2 aromatic carbocycles. The molecule has 0 aliphatic rings. The first-order valence-electron chi connectivity index (χ1n) is 6.72. The molecule has 0 bridgehead atoms. The lowest BCUT2D eigenvalue weighted by Gasteiger charge is -2.10. The Morgan fingerprint density at radius 1 is 1.10 bits per heavy atom. The van der Waals surface area contributed by atoms with Crippen LogP contribution in [0.2, 0.25) is 10.0 Å². The lowest BCUT2D eigenvalue weighted by atomic mass is 10.2. The third-order valence-electron chi connectivity index (χ3n) is 2.88. The van der Waals surface area contributed by atoms with Crippen LogP contribution in [0.4, 0.5) is 0 Å². The van der Waals surface area contributed by atoms with Crippen molar-refractivity contribution in [1.82, 2.24) is 5.32 Å². The molecular weight excluding hydrogens is 373 g/mol. The summed E-state index contributed by atoms with van der Waals surface area (Å²) in [7, 11) is 0. The number of halogens is 3. The Labute approximate surface area is 143 Å². The second-order valence-corrected chi connectivity index (χ2v) is 6.29. The molecule has 2 nitrogen and oxygen atoms in total. The molecule has 0 saturated carbocycles.